The minimum Gasteiger partial charge on any atom is -0.465 e. The highest BCUT2D eigenvalue weighted by molar-refractivity contribution is 7.90. The lowest BCUT2D eigenvalue weighted by molar-refractivity contribution is -0.143. The molecule has 0 bridgehead atoms. The summed E-state index contributed by atoms with van der Waals surface area (Å²) in [7, 11) is -5.64. The van der Waals surface area contributed by atoms with Crippen LogP contribution in [0.1, 0.15) is 37.0 Å². The van der Waals surface area contributed by atoms with E-state index in [1.165, 1.54) is 52.3 Å². The molecule has 37 heavy (non-hydrogen) atoms. The summed E-state index contributed by atoms with van der Waals surface area (Å²) >= 11 is 1.06. The van der Waals surface area contributed by atoms with Crippen LogP contribution < -0.4 is 4.80 Å². The van der Waals surface area contributed by atoms with Gasteiger partial charge in [-0.15, -0.1) is 0 Å². The van der Waals surface area contributed by atoms with Crippen LogP contribution in [0.3, 0.4) is 0 Å². The molecule has 0 N–H and O–H groups in total. The second-order valence-electron chi connectivity index (χ2n) is 8.30. The van der Waals surface area contributed by atoms with Crippen molar-refractivity contribution in [2.24, 2.45) is 4.99 Å². The van der Waals surface area contributed by atoms with E-state index in [1.54, 1.807) is 13.0 Å². The number of sulfone groups is 1. The summed E-state index contributed by atoms with van der Waals surface area (Å²) in [5.74, 6) is -1.18. The van der Waals surface area contributed by atoms with E-state index < -0.39 is 31.7 Å². The first-order chi connectivity index (χ1) is 17.4. The van der Waals surface area contributed by atoms with Crippen LogP contribution >= 0.6 is 11.3 Å². The fraction of sp³-hybridized carbons (Fsp3) is 0.375. The Hall–Kier alpha value is -2.87. The maximum absolute atomic E-state index is 13.0. The SMILES string of the molecule is CCCCN(C)S(=O)(=O)c1ccc(C(=O)N=c2sc3cc(S(C)(=O)=O)ccc3n2CC(=O)OCC)cc1. The number of sulfonamides is 1. The van der Waals surface area contributed by atoms with Gasteiger partial charge in [0.1, 0.15) is 6.54 Å². The zero-order valence-corrected chi connectivity index (χ0v) is 23.5. The molecule has 3 aromatic rings. The van der Waals surface area contributed by atoms with Gasteiger partial charge in [-0.1, -0.05) is 24.7 Å². The summed E-state index contributed by atoms with van der Waals surface area (Å²) in [6, 6.07) is 9.93. The number of amides is 1. The van der Waals surface area contributed by atoms with Gasteiger partial charge >= 0.3 is 5.97 Å². The molecule has 1 aromatic heterocycles. The number of fused-ring (bicyclic) bond motifs is 1. The summed E-state index contributed by atoms with van der Waals surface area (Å²) in [5, 5.41) is 0. The Morgan fingerprint density at radius 3 is 2.27 bits per heavy atom. The van der Waals surface area contributed by atoms with Crippen molar-refractivity contribution in [3.8, 4) is 0 Å². The average molecular weight is 568 g/mol. The van der Waals surface area contributed by atoms with Crippen LogP contribution in [0.5, 0.6) is 0 Å². The Morgan fingerprint density at radius 1 is 1.03 bits per heavy atom. The lowest BCUT2D eigenvalue weighted by Gasteiger charge is -2.16. The van der Waals surface area contributed by atoms with Gasteiger partial charge in [0.15, 0.2) is 14.6 Å². The molecule has 0 saturated heterocycles. The van der Waals surface area contributed by atoms with Crippen molar-refractivity contribution in [2.75, 3.05) is 26.5 Å². The molecule has 0 atom stereocenters. The summed E-state index contributed by atoms with van der Waals surface area (Å²) in [6.45, 7) is 3.99. The topological polar surface area (TPSA) is 132 Å². The van der Waals surface area contributed by atoms with Gasteiger partial charge in [-0.25, -0.2) is 21.1 Å². The van der Waals surface area contributed by atoms with E-state index in [0.717, 1.165) is 30.4 Å². The molecule has 1 heterocycles. The number of carbonyl (C=O) groups is 2. The molecule has 0 aliphatic carbocycles. The zero-order chi connectivity index (χ0) is 27.4. The normalized spacial score (nSPS) is 12.8. The highest BCUT2D eigenvalue weighted by atomic mass is 32.2. The number of hydrogen-bond acceptors (Lipinski definition) is 8. The Bertz CT molecular complexity index is 1590. The number of nitrogens with zero attached hydrogens (tertiary/aromatic N) is 3. The van der Waals surface area contributed by atoms with Gasteiger partial charge in [0.25, 0.3) is 5.91 Å². The molecule has 2 aromatic carbocycles. The van der Waals surface area contributed by atoms with Crippen molar-refractivity contribution in [2.45, 2.75) is 43.0 Å². The number of thiazole rings is 1. The molecule has 0 aliphatic rings. The van der Waals surface area contributed by atoms with Crippen LogP contribution in [0.25, 0.3) is 10.2 Å². The smallest absolute Gasteiger partial charge is 0.326 e. The quantitative estimate of drug-likeness (QED) is 0.344. The van der Waals surface area contributed by atoms with Crippen LogP contribution in [-0.4, -0.2) is 64.0 Å². The molecular formula is C24H29N3O7S3. The molecule has 0 aliphatic heterocycles. The highest BCUT2D eigenvalue weighted by Crippen LogP contribution is 2.22. The fourth-order valence-electron chi connectivity index (χ4n) is 3.46. The zero-order valence-electron chi connectivity index (χ0n) is 21.0. The van der Waals surface area contributed by atoms with Crippen LogP contribution in [-0.2, 0) is 35.9 Å². The standard InChI is InChI=1S/C24H29N3O7S3/c1-5-7-14-26(3)37(32,33)18-10-8-17(9-11-18)23(29)25-24-27(16-22(28)34-6-2)20-13-12-19(36(4,30)31)15-21(20)35-24/h8-13,15H,5-7,14,16H2,1-4H3. The molecule has 13 heteroatoms. The maximum atomic E-state index is 13.0. The molecule has 200 valence electrons. The van der Waals surface area contributed by atoms with Crippen molar-refractivity contribution >= 4 is 53.3 Å². The largest absolute Gasteiger partial charge is 0.465 e. The van der Waals surface area contributed by atoms with E-state index >= 15 is 0 Å². The van der Waals surface area contributed by atoms with Crippen LogP contribution in [0.15, 0.2) is 57.2 Å². The molecular weight excluding hydrogens is 538 g/mol. The molecule has 0 saturated carbocycles. The molecule has 0 fully saturated rings. The number of esters is 1. The third-order valence-electron chi connectivity index (χ3n) is 5.51. The first kappa shape index (κ1) is 28.7. The van der Waals surface area contributed by atoms with E-state index in [0.29, 0.717) is 16.8 Å². The summed E-state index contributed by atoms with van der Waals surface area (Å²) in [5.41, 5.74) is 0.681. The van der Waals surface area contributed by atoms with E-state index in [2.05, 4.69) is 4.99 Å². The van der Waals surface area contributed by atoms with Gasteiger partial charge in [-0.2, -0.15) is 4.99 Å². The van der Waals surface area contributed by atoms with Crippen molar-refractivity contribution in [1.29, 1.82) is 0 Å². The monoisotopic (exact) mass is 567 g/mol. The summed E-state index contributed by atoms with van der Waals surface area (Å²) in [6.07, 6.45) is 2.69. The highest BCUT2D eigenvalue weighted by Gasteiger charge is 2.21. The van der Waals surface area contributed by atoms with Crippen molar-refractivity contribution in [3.63, 3.8) is 0 Å². The predicted octanol–water partition coefficient (Wildman–Crippen LogP) is 2.83. The first-order valence-corrected chi connectivity index (χ1v) is 15.7. The third kappa shape index (κ3) is 6.72. The van der Waals surface area contributed by atoms with E-state index in [9.17, 15) is 26.4 Å². The Labute approximate surface area is 220 Å². The lowest BCUT2D eigenvalue weighted by Crippen LogP contribution is -2.27. The number of rotatable bonds is 10. The van der Waals surface area contributed by atoms with Crippen LogP contribution in [0.2, 0.25) is 0 Å². The maximum Gasteiger partial charge on any atom is 0.326 e. The summed E-state index contributed by atoms with van der Waals surface area (Å²) in [4.78, 5) is 29.7. The average Bonchev–Trinajstić information content (AvgIpc) is 3.17. The second-order valence-corrected chi connectivity index (χ2v) is 13.4. The molecule has 0 spiro atoms. The van der Waals surface area contributed by atoms with Gasteiger partial charge < -0.3 is 9.30 Å². The van der Waals surface area contributed by atoms with Gasteiger partial charge in [0.05, 0.1) is 26.6 Å². The lowest BCUT2D eigenvalue weighted by atomic mass is 10.2. The number of ether oxygens (including phenoxy) is 1. The molecule has 10 nitrogen and oxygen atoms in total. The first-order valence-electron chi connectivity index (χ1n) is 11.5. The predicted molar refractivity (Wildman–Crippen MR) is 141 cm³/mol. The Balaban J connectivity index is 2.02. The fourth-order valence-corrected chi connectivity index (χ4v) is 6.46. The number of aromatic nitrogens is 1. The Morgan fingerprint density at radius 2 is 1.68 bits per heavy atom. The van der Waals surface area contributed by atoms with Crippen molar-refractivity contribution < 1.29 is 31.2 Å². The van der Waals surface area contributed by atoms with Crippen molar-refractivity contribution in [1.82, 2.24) is 8.87 Å². The van der Waals surface area contributed by atoms with Gasteiger partial charge in [0, 0.05) is 25.4 Å². The summed E-state index contributed by atoms with van der Waals surface area (Å²) < 4.78 is 57.8. The minimum absolute atomic E-state index is 0.0650. The third-order valence-corrected chi connectivity index (χ3v) is 9.53. The van der Waals surface area contributed by atoms with E-state index in [1.807, 2.05) is 6.92 Å². The molecule has 0 radical (unpaired) electrons. The second kappa shape index (κ2) is 11.7. The molecule has 3 rings (SSSR count). The number of unbranched alkanes of at least 4 members (excludes halogenated alkanes) is 1. The number of benzene rings is 2. The van der Waals surface area contributed by atoms with Gasteiger partial charge in [-0.3, -0.25) is 9.59 Å². The van der Waals surface area contributed by atoms with E-state index in [4.69, 9.17) is 4.74 Å². The molecule has 1 amide bonds. The number of carbonyl (C=O) groups excluding carboxylic acids is 2. The minimum atomic E-state index is -3.68. The van der Waals surface area contributed by atoms with E-state index in [-0.39, 0.29) is 33.3 Å². The van der Waals surface area contributed by atoms with Gasteiger partial charge in [0.2, 0.25) is 10.0 Å². The van der Waals surface area contributed by atoms with Crippen LogP contribution in [0.4, 0.5) is 0 Å². The van der Waals surface area contributed by atoms with Gasteiger partial charge in [-0.05, 0) is 55.8 Å². The number of hydrogen-bond donors (Lipinski definition) is 0. The molecule has 0 unspecified atom stereocenters. The van der Waals surface area contributed by atoms with Crippen molar-refractivity contribution in [3.05, 3.63) is 52.8 Å². The van der Waals surface area contributed by atoms with Crippen LogP contribution in [0, 0.1) is 0 Å². The Kier molecular flexibility index (Phi) is 9.05.